The van der Waals surface area contributed by atoms with Crippen LogP contribution in [0.5, 0.6) is 0 Å². The molecule has 1 aromatic heterocycles. The van der Waals surface area contributed by atoms with Gasteiger partial charge in [0.25, 0.3) is 5.91 Å². The third kappa shape index (κ3) is 4.94. The topological polar surface area (TPSA) is 89.0 Å². The van der Waals surface area contributed by atoms with Gasteiger partial charge in [0, 0.05) is 24.4 Å². The van der Waals surface area contributed by atoms with E-state index in [0.29, 0.717) is 5.82 Å². The van der Waals surface area contributed by atoms with E-state index in [0.717, 1.165) is 0 Å². The lowest BCUT2D eigenvalue weighted by Crippen LogP contribution is -2.30. The van der Waals surface area contributed by atoms with Gasteiger partial charge in [-0.3, -0.25) is 4.79 Å². The van der Waals surface area contributed by atoms with Gasteiger partial charge < -0.3 is 5.32 Å². The first-order chi connectivity index (χ1) is 8.85. The molecular formula is C12H19N3O3S. The largest absolute Gasteiger partial charge is 0.350 e. The molecule has 0 aromatic carbocycles. The third-order valence-corrected chi connectivity index (χ3v) is 4.27. The number of carbonyl (C=O) groups is 1. The molecule has 1 amide bonds. The van der Waals surface area contributed by atoms with E-state index in [-0.39, 0.29) is 35.6 Å². The minimum absolute atomic E-state index is 0.0582. The van der Waals surface area contributed by atoms with Gasteiger partial charge in [0.15, 0.2) is 9.84 Å². The molecule has 1 aromatic rings. The molecule has 0 radical (unpaired) electrons. The average Bonchev–Trinajstić information content (AvgIpc) is 2.38. The molecule has 6 nitrogen and oxygen atoms in total. The van der Waals surface area contributed by atoms with Crippen LogP contribution in [-0.4, -0.2) is 42.3 Å². The van der Waals surface area contributed by atoms with Gasteiger partial charge in [-0.15, -0.1) is 0 Å². The maximum absolute atomic E-state index is 11.8. The van der Waals surface area contributed by atoms with Crippen LogP contribution in [-0.2, 0) is 9.84 Å². The van der Waals surface area contributed by atoms with Crippen LogP contribution in [0.15, 0.2) is 12.3 Å². The number of aromatic nitrogens is 2. The summed E-state index contributed by atoms with van der Waals surface area (Å²) in [4.78, 5) is 20.0. The van der Waals surface area contributed by atoms with E-state index in [1.54, 1.807) is 6.92 Å². The highest BCUT2D eigenvalue weighted by molar-refractivity contribution is 7.91. The predicted molar refractivity (Wildman–Crippen MR) is 72.8 cm³/mol. The van der Waals surface area contributed by atoms with Crippen molar-refractivity contribution in [1.82, 2.24) is 15.3 Å². The first kappa shape index (κ1) is 15.6. The molecule has 0 spiro atoms. The average molecular weight is 285 g/mol. The minimum atomic E-state index is -3.07. The molecule has 0 bridgehead atoms. The van der Waals surface area contributed by atoms with E-state index in [1.807, 2.05) is 13.8 Å². The Morgan fingerprint density at radius 2 is 2.11 bits per heavy atom. The number of nitrogens with one attached hydrogen (secondary N) is 1. The highest BCUT2D eigenvalue weighted by Gasteiger charge is 2.12. The smallest absolute Gasteiger partial charge is 0.270 e. The van der Waals surface area contributed by atoms with Crippen LogP contribution in [0.1, 0.15) is 43.0 Å². The zero-order chi connectivity index (χ0) is 14.5. The van der Waals surface area contributed by atoms with Crippen LogP contribution in [0, 0.1) is 0 Å². The van der Waals surface area contributed by atoms with Crippen molar-refractivity contribution in [2.45, 2.75) is 26.7 Å². The summed E-state index contributed by atoms with van der Waals surface area (Å²) in [6.07, 6.45) is 1.53. The molecule has 7 heteroatoms. The lowest BCUT2D eigenvalue weighted by atomic mass is 10.2. The maximum Gasteiger partial charge on any atom is 0.270 e. The Hall–Kier alpha value is -1.50. The zero-order valence-corrected chi connectivity index (χ0v) is 12.2. The van der Waals surface area contributed by atoms with Gasteiger partial charge in [-0.2, -0.15) is 0 Å². The molecule has 0 saturated heterocycles. The van der Waals surface area contributed by atoms with Crippen molar-refractivity contribution in [2.75, 3.05) is 18.1 Å². The van der Waals surface area contributed by atoms with Crippen molar-refractivity contribution in [2.24, 2.45) is 0 Å². The Kier molecular flexibility index (Phi) is 5.41. The van der Waals surface area contributed by atoms with E-state index >= 15 is 0 Å². The van der Waals surface area contributed by atoms with Gasteiger partial charge in [0.2, 0.25) is 0 Å². The molecule has 19 heavy (non-hydrogen) atoms. The standard InChI is InChI=1S/C12H19N3O3S/c1-4-19(17,18)8-7-14-12(16)10-5-6-13-11(15-10)9(2)3/h5-6,9H,4,7-8H2,1-3H3,(H,14,16). The number of hydrogen-bond acceptors (Lipinski definition) is 5. The summed E-state index contributed by atoms with van der Waals surface area (Å²) >= 11 is 0. The SMILES string of the molecule is CCS(=O)(=O)CCNC(=O)c1ccnc(C(C)C)n1. The first-order valence-corrected chi connectivity index (χ1v) is 7.99. The molecule has 1 N–H and O–H groups in total. The molecule has 0 aliphatic rings. The molecule has 106 valence electrons. The molecule has 0 atom stereocenters. The summed E-state index contributed by atoms with van der Waals surface area (Å²) in [7, 11) is -3.07. The van der Waals surface area contributed by atoms with Gasteiger partial charge >= 0.3 is 0 Å². The van der Waals surface area contributed by atoms with Gasteiger partial charge in [0.1, 0.15) is 11.5 Å². The van der Waals surface area contributed by atoms with Crippen LogP contribution < -0.4 is 5.32 Å². The molecule has 0 unspecified atom stereocenters. The fourth-order valence-corrected chi connectivity index (χ4v) is 2.04. The molecule has 0 aliphatic carbocycles. The molecular weight excluding hydrogens is 266 g/mol. The van der Waals surface area contributed by atoms with Crippen molar-refractivity contribution in [1.29, 1.82) is 0 Å². The lowest BCUT2D eigenvalue weighted by Gasteiger charge is -2.07. The van der Waals surface area contributed by atoms with Crippen LogP contribution in [0.4, 0.5) is 0 Å². The van der Waals surface area contributed by atoms with Crippen LogP contribution in [0.25, 0.3) is 0 Å². The van der Waals surface area contributed by atoms with Gasteiger partial charge in [-0.25, -0.2) is 18.4 Å². The number of hydrogen-bond donors (Lipinski definition) is 1. The van der Waals surface area contributed by atoms with Crippen LogP contribution in [0.2, 0.25) is 0 Å². The lowest BCUT2D eigenvalue weighted by molar-refractivity contribution is 0.0950. The third-order valence-electron chi connectivity index (χ3n) is 2.56. The normalized spacial score (nSPS) is 11.6. The fraction of sp³-hybridized carbons (Fsp3) is 0.583. The Bertz CT molecular complexity index is 541. The van der Waals surface area contributed by atoms with Crippen molar-refractivity contribution in [3.8, 4) is 0 Å². The first-order valence-electron chi connectivity index (χ1n) is 6.17. The van der Waals surface area contributed by atoms with E-state index in [1.165, 1.54) is 12.3 Å². The molecule has 0 saturated carbocycles. The predicted octanol–water partition coefficient (Wildman–Crippen LogP) is 0.764. The summed E-state index contributed by atoms with van der Waals surface area (Å²) in [5.41, 5.74) is 0.257. The summed E-state index contributed by atoms with van der Waals surface area (Å²) in [6.45, 7) is 5.54. The van der Waals surface area contributed by atoms with Crippen molar-refractivity contribution >= 4 is 15.7 Å². The minimum Gasteiger partial charge on any atom is -0.350 e. The van der Waals surface area contributed by atoms with Gasteiger partial charge in [0.05, 0.1) is 5.75 Å². The fourth-order valence-electron chi connectivity index (χ4n) is 1.33. The molecule has 1 heterocycles. The highest BCUT2D eigenvalue weighted by Crippen LogP contribution is 2.08. The van der Waals surface area contributed by atoms with Crippen molar-refractivity contribution in [3.05, 3.63) is 23.8 Å². The Balaban J connectivity index is 2.61. The Labute approximate surface area is 113 Å². The second kappa shape index (κ2) is 6.60. The van der Waals surface area contributed by atoms with E-state index in [4.69, 9.17) is 0 Å². The highest BCUT2D eigenvalue weighted by atomic mass is 32.2. The van der Waals surface area contributed by atoms with E-state index in [2.05, 4.69) is 15.3 Å². The maximum atomic E-state index is 11.8. The van der Waals surface area contributed by atoms with Gasteiger partial charge in [-0.1, -0.05) is 20.8 Å². The number of sulfone groups is 1. The second-order valence-corrected chi connectivity index (χ2v) is 6.92. The summed E-state index contributed by atoms with van der Waals surface area (Å²) < 4.78 is 22.6. The van der Waals surface area contributed by atoms with Crippen LogP contribution in [0.3, 0.4) is 0 Å². The number of amides is 1. The number of carbonyl (C=O) groups excluding carboxylic acids is 1. The number of nitrogens with zero attached hydrogens (tertiary/aromatic N) is 2. The van der Waals surface area contributed by atoms with Gasteiger partial charge in [-0.05, 0) is 6.07 Å². The van der Waals surface area contributed by atoms with Crippen molar-refractivity contribution in [3.63, 3.8) is 0 Å². The summed E-state index contributed by atoms with van der Waals surface area (Å²) in [5.74, 6) is 0.364. The zero-order valence-electron chi connectivity index (χ0n) is 11.4. The monoisotopic (exact) mass is 285 g/mol. The summed E-state index contributed by atoms with van der Waals surface area (Å²) in [6, 6.07) is 1.51. The van der Waals surface area contributed by atoms with Crippen molar-refractivity contribution < 1.29 is 13.2 Å². The number of rotatable bonds is 6. The van der Waals surface area contributed by atoms with E-state index < -0.39 is 9.84 Å². The summed E-state index contributed by atoms with van der Waals surface area (Å²) in [5, 5.41) is 2.55. The molecule has 1 rings (SSSR count). The molecule has 0 aliphatic heterocycles. The second-order valence-electron chi connectivity index (χ2n) is 4.45. The Morgan fingerprint density at radius 3 is 2.68 bits per heavy atom. The van der Waals surface area contributed by atoms with Crippen LogP contribution >= 0.6 is 0 Å². The van der Waals surface area contributed by atoms with E-state index in [9.17, 15) is 13.2 Å². The quantitative estimate of drug-likeness (QED) is 0.833. The Morgan fingerprint density at radius 1 is 1.42 bits per heavy atom. The molecule has 0 fully saturated rings.